The molecule has 26 heavy (non-hydrogen) atoms. The van der Waals surface area contributed by atoms with Crippen molar-refractivity contribution in [1.29, 1.82) is 0 Å². The van der Waals surface area contributed by atoms with Gasteiger partial charge >= 0.3 is 0 Å². The molecule has 1 aromatic heterocycles. The lowest BCUT2D eigenvalue weighted by atomic mass is 9.99. The van der Waals surface area contributed by atoms with Crippen LogP contribution in [-0.4, -0.2) is 27.6 Å². The summed E-state index contributed by atoms with van der Waals surface area (Å²) in [5.74, 6) is 1.78. The second-order valence-electron chi connectivity index (χ2n) is 6.78. The number of phenolic OH excluding ortho intramolecular Hbond substituents is 1. The van der Waals surface area contributed by atoms with Crippen molar-refractivity contribution >= 4 is 5.78 Å². The fraction of sp³-hybridized carbons (Fsp3) is 0.524. The molecule has 1 N–H and O–H groups in total. The van der Waals surface area contributed by atoms with Gasteiger partial charge in [-0.2, -0.15) is 0 Å². The van der Waals surface area contributed by atoms with E-state index in [1.165, 1.54) is 20.0 Å². The lowest BCUT2D eigenvalue weighted by Crippen LogP contribution is -2.15. The van der Waals surface area contributed by atoms with Gasteiger partial charge in [-0.05, 0) is 37.5 Å². The first-order chi connectivity index (χ1) is 12.5. The van der Waals surface area contributed by atoms with Gasteiger partial charge in [0.1, 0.15) is 11.6 Å². The zero-order chi connectivity index (χ0) is 18.9. The number of Topliss-reactive ketones (excluding diaryl/α,β-unsaturated/α-hetero) is 1. The van der Waals surface area contributed by atoms with E-state index in [-0.39, 0.29) is 17.6 Å². The number of hydrogen-bond donors (Lipinski definition) is 1. The normalized spacial score (nSPS) is 12.1. The molecular weight excluding hydrogens is 328 g/mol. The van der Waals surface area contributed by atoms with Crippen molar-refractivity contribution in [3.63, 3.8) is 0 Å². The summed E-state index contributed by atoms with van der Waals surface area (Å²) in [4.78, 5) is 16.9. The largest absolute Gasteiger partial charge is 0.504 e. The van der Waals surface area contributed by atoms with Gasteiger partial charge in [0.25, 0.3) is 0 Å². The Kier molecular flexibility index (Phi) is 7.70. The Labute approximate surface area is 156 Å². The number of ether oxygens (including phenoxy) is 1. The molecule has 0 radical (unpaired) electrons. The monoisotopic (exact) mass is 358 g/mol. The molecule has 5 nitrogen and oxygen atoms in total. The molecule has 0 saturated heterocycles. The molecule has 1 heterocycles. The third-order valence-corrected chi connectivity index (χ3v) is 4.80. The Morgan fingerprint density at radius 2 is 2.15 bits per heavy atom. The Morgan fingerprint density at radius 3 is 2.81 bits per heavy atom. The van der Waals surface area contributed by atoms with E-state index in [0.29, 0.717) is 25.0 Å². The van der Waals surface area contributed by atoms with Gasteiger partial charge in [-0.1, -0.05) is 32.3 Å². The van der Waals surface area contributed by atoms with E-state index in [1.54, 1.807) is 18.3 Å². The van der Waals surface area contributed by atoms with Gasteiger partial charge in [-0.15, -0.1) is 0 Å². The second kappa shape index (κ2) is 10.00. The van der Waals surface area contributed by atoms with Gasteiger partial charge < -0.3 is 14.4 Å². The summed E-state index contributed by atoms with van der Waals surface area (Å²) in [6.07, 6.45) is 9.95. The van der Waals surface area contributed by atoms with Crippen molar-refractivity contribution in [3.8, 4) is 11.5 Å². The molecule has 0 spiro atoms. The molecule has 0 fully saturated rings. The van der Waals surface area contributed by atoms with Crippen molar-refractivity contribution in [1.82, 2.24) is 9.55 Å². The number of unbranched alkanes of at least 4 members (excludes halogenated alkanes) is 2. The Morgan fingerprint density at radius 1 is 1.35 bits per heavy atom. The summed E-state index contributed by atoms with van der Waals surface area (Å²) in [6, 6.07) is 5.43. The molecular formula is C21H30N2O3. The van der Waals surface area contributed by atoms with Gasteiger partial charge in [0.15, 0.2) is 11.5 Å². The maximum absolute atomic E-state index is 12.6. The number of nitrogens with zero attached hydrogens (tertiary/aromatic N) is 2. The molecule has 0 aliphatic carbocycles. The minimum absolute atomic E-state index is 0.120. The molecule has 0 amide bonds. The number of carbonyl (C=O) groups is 1. The minimum Gasteiger partial charge on any atom is -0.504 e. The highest BCUT2D eigenvalue weighted by Gasteiger charge is 2.17. The van der Waals surface area contributed by atoms with Crippen LogP contribution in [0, 0.1) is 6.92 Å². The number of ketones is 1. The van der Waals surface area contributed by atoms with Crippen LogP contribution in [0.1, 0.15) is 62.9 Å². The fourth-order valence-electron chi connectivity index (χ4n) is 3.27. The van der Waals surface area contributed by atoms with E-state index in [9.17, 15) is 9.90 Å². The SMILES string of the molecule is CCCCCC(CC(=O)CCc1ccc(O)c(OC)c1)n1ccnc1C. The molecule has 1 aromatic carbocycles. The standard InChI is InChI=1S/C21H30N2O3/c1-4-5-6-7-18(23-13-12-22-16(23)2)15-19(24)10-8-17-9-11-20(25)21(14-17)26-3/h9,11-14,18,25H,4-8,10,15H2,1-3H3. The molecule has 0 saturated carbocycles. The van der Waals surface area contributed by atoms with Crippen molar-refractivity contribution in [2.45, 2.75) is 64.8 Å². The highest BCUT2D eigenvalue weighted by atomic mass is 16.5. The predicted molar refractivity (Wildman–Crippen MR) is 103 cm³/mol. The van der Waals surface area contributed by atoms with Crippen molar-refractivity contribution in [3.05, 3.63) is 42.0 Å². The zero-order valence-electron chi connectivity index (χ0n) is 16.1. The number of phenols is 1. The van der Waals surface area contributed by atoms with Crippen LogP contribution in [0.3, 0.4) is 0 Å². The number of carbonyl (C=O) groups excluding carboxylic acids is 1. The highest BCUT2D eigenvalue weighted by Crippen LogP contribution is 2.27. The first kappa shape index (κ1) is 20.0. The Balaban J connectivity index is 1.95. The maximum atomic E-state index is 12.6. The third kappa shape index (κ3) is 5.61. The van der Waals surface area contributed by atoms with Crippen LogP contribution in [0.15, 0.2) is 30.6 Å². The molecule has 0 aliphatic rings. The summed E-state index contributed by atoms with van der Waals surface area (Å²) in [7, 11) is 1.53. The van der Waals surface area contributed by atoms with Gasteiger partial charge in [-0.3, -0.25) is 4.79 Å². The van der Waals surface area contributed by atoms with Crippen LogP contribution in [0.2, 0.25) is 0 Å². The molecule has 1 atom stereocenters. The van der Waals surface area contributed by atoms with E-state index < -0.39 is 0 Å². The molecule has 1 unspecified atom stereocenters. The summed E-state index contributed by atoms with van der Waals surface area (Å²) >= 11 is 0. The van der Waals surface area contributed by atoms with E-state index in [2.05, 4.69) is 16.5 Å². The number of hydrogen-bond acceptors (Lipinski definition) is 4. The van der Waals surface area contributed by atoms with E-state index in [4.69, 9.17) is 4.74 Å². The summed E-state index contributed by atoms with van der Waals surface area (Å²) < 4.78 is 7.26. The van der Waals surface area contributed by atoms with Gasteiger partial charge in [0.05, 0.1) is 7.11 Å². The van der Waals surface area contributed by atoms with E-state index >= 15 is 0 Å². The Hall–Kier alpha value is -2.30. The number of benzene rings is 1. The molecule has 0 aliphatic heterocycles. The molecule has 142 valence electrons. The minimum atomic E-state index is 0.120. The maximum Gasteiger partial charge on any atom is 0.160 e. The quantitative estimate of drug-likeness (QED) is 0.595. The highest BCUT2D eigenvalue weighted by molar-refractivity contribution is 5.79. The van der Waals surface area contributed by atoms with Crippen LogP contribution in [-0.2, 0) is 11.2 Å². The third-order valence-electron chi connectivity index (χ3n) is 4.80. The average Bonchev–Trinajstić information content (AvgIpc) is 3.06. The van der Waals surface area contributed by atoms with Crippen molar-refractivity contribution in [2.75, 3.05) is 7.11 Å². The number of imidazole rings is 1. The lowest BCUT2D eigenvalue weighted by Gasteiger charge is -2.19. The molecule has 5 heteroatoms. The number of rotatable bonds is 11. The van der Waals surface area contributed by atoms with E-state index in [1.807, 2.05) is 19.2 Å². The average molecular weight is 358 g/mol. The van der Waals surface area contributed by atoms with E-state index in [0.717, 1.165) is 24.2 Å². The fourth-order valence-corrected chi connectivity index (χ4v) is 3.27. The van der Waals surface area contributed by atoms with Crippen LogP contribution >= 0.6 is 0 Å². The number of aromatic nitrogens is 2. The first-order valence-corrected chi connectivity index (χ1v) is 9.42. The smallest absolute Gasteiger partial charge is 0.160 e. The number of aromatic hydroxyl groups is 1. The first-order valence-electron chi connectivity index (χ1n) is 9.42. The van der Waals surface area contributed by atoms with Crippen LogP contribution in [0.25, 0.3) is 0 Å². The summed E-state index contributed by atoms with van der Waals surface area (Å²) in [5.41, 5.74) is 0.995. The predicted octanol–water partition coefficient (Wildman–Crippen LogP) is 4.62. The van der Waals surface area contributed by atoms with Gasteiger partial charge in [-0.25, -0.2) is 4.98 Å². The molecule has 2 aromatic rings. The second-order valence-corrected chi connectivity index (χ2v) is 6.78. The summed E-state index contributed by atoms with van der Waals surface area (Å²) in [5, 5.41) is 9.67. The Bertz CT molecular complexity index is 709. The lowest BCUT2D eigenvalue weighted by molar-refractivity contribution is -0.119. The molecule has 2 rings (SSSR count). The van der Waals surface area contributed by atoms with Crippen LogP contribution < -0.4 is 4.74 Å². The molecule has 0 bridgehead atoms. The summed E-state index contributed by atoms with van der Waals surface area (Å²) in [6.45, 7) is 4.18. The number of methoxy groups -OCH3 is 1. The van der Waals surface area contributed by atoms with Crippen LogP contribution in [0.5, 0.6) is 11.5 Å². The topological polar surface area (TPSA) is 64.3 Å². The van der Waals surface area contributed by atoms with Gasteiger partial charge in [0.2, 0.25) is 0 Å². The van der Waals surface area contributed by atoms with Crippen molar-refractivity contribution in [2.24, 2.45) is 0 Å². The van der Waals surface area contributed by atoms with Crippen LogP contribution in [0.4, 0.5) is 0 Å². The zero-order valence-corrected chi connectivity index (χ0v) is 16.1. The van der Waals surface area contributed by atoms with Gasteiger partial charge in [0, 0.05) is 31.3 Å². The number of aryl methyl sites for hydroxylation is 2. The van der Waals surface area contributed by atoms with Crippen molar-refractivity contribution < 1.29 is 14.6 Å².